The van der Waals surface area contributed by atoms with E-state index in [1.807, 2.05) is 24.3 Å². The van der Waals surface area contributed by atoms with Crippen LogP contribution in [0.1, 0.15) is 73.0 Å². The molecule has 2 atom stereocenters. The maximum atomic E-state index is 13.4. The summed E-state index contributed by atoms with van der Waals surface area (Å²) in [6, 6.07) is 10.8. The third-order valence-corrected chi connectivity index (χ3v) is 11.0. The Balaban J connectivity index is 1.21. The number of hydrogen-bond donors (Lipinski definition) is 1. The van der Waals surface area contributed by atoms with Crippen LogP contribution in [0.15, 0.2) is 53.7 Å². The monoisotopic (exact) mass is 496 g/mol. The van der Waals surface area contributed by atoms with Crippen molar-refractivity contribution in [1.82, 2.24) is 10.3 Å². The van der Waals surface area contributed by atoms with Crippen LogP contribution in [-0.2, 0) is 16.4 Å². The van der Waals surface area contributed by atoms with Crippen LogP contribution in [0.3, 0.4) is 0 Å². The summed E-state index contributed by atoms with van der Waals surface area (Å²) in [5, 5.41) is 3.69. The molecule has 2 saturated carbocycles. The third kappa shape index (κ3) is 5.05. The van der Waals surface area contributed by atoms with Crippen LogP contribution in [-0.4, -0.2) is 24.6 Å². The first-order chi connectivity index (χ1) is 16.5. The highest BCUT2D eigenvalue weighted by Crippen LogP contribution is 2.41. The topological polar surface area (TPSA) is 76.1 Å². The Morgan fingerprint density at radius 3 is 2.50 bits per heavy atom. The first kappa shape index (κ1) is 23.5. The molecule has 2 heterocycles. The molecule has 3 aromatic rings. The van der Waals surface area contributed by atoms with Crippen molar-refractivity contribution >= 4 is 37.2 Å². The molecule has 2 aliphatic rings. The van der Waals surface area contributed by atoms with Crippen LogP contribution >= 0.6 is 11.3 Å². The summed E-state index contributed by atoms with van der Waals surface area (Å²) in [5.41, 5.74) is 0.888. The maximum Gasteiger partial charge on any atom is 0.261 e. The molecule has 1 aromatic carbocycles. The Hall–Kier alpha value is -2.25. The fourth-order valence-electron chi connectivity index (χ4n) is 5.75. The number of amides is 1. The van der Waals surface area contributed by atoms with E-state index in [9.17, 15) is 13.2 Å². The molecule has 0 spiro atoms. The Labute approximate surface area is 205 Å². The molecule has 0 bridgehead atoms. The summed E-state index contributed by atoms with van der Waals surface area (Å²) < 4.78 is 27.8. The zero-order valence-corrected chi connectivity index (χ0v) is 21.0. The van der Waals surface area contributed by atoms with E-state index in [0.29, 0.717) is 22.2 Å². The van der Waals surface area contributed by atoms with Gasteiger partial charge in [-0.1, -0.05) is 57.1 Å². The van der Waals surface area contributed by atoms with Gasteiger partial charge in [0.25, 0.3) is 5.91 Å². The van der Waals surface area contributed by atoms with E-state index >= 15 is 0 Å². The van der Waals surface area contributed by atoms with Crippen molar-refractivity contribution in [2.45, 2.75) is 74.5 Å². The van der Waals surface area contributed by atoms with Gasteiger partial charge in [-0.25, -0.2) is 8.42 Å². The molecular formula is C27H32N2O3S2. The second-order valence-electron chi connectivity index (χ2n) is 9.84. The molecule has 0 aliphatic heterocycles. The molecule has 1 amide bonds. The Bertz CT molecular complexity index is 1210. The minimum absolute atomic E-state index is 0.131. The van der Waals surface area contributed by atoms with E-state index in [-0.39, 0.29) is 11.2 Å². The van der Waals surface area contributed by atoms with Crippen molar-refractivity contribution in [3.8, 4) is 0 Å². The molecule has 2 aromatic heterocycles. The SMILES string of the molecule is O=C(NCc1ccc(S(=O)(=O)C2CCCC(C3CCCCC3)C2)cc1)c1cc2ccncc2s1. The fraction of sp³-hybridized carbons (Fsp3) is 0.481. The number of fused-ring (bicyclic) bond motifs is 1. The molecule has 2 fully saturated rings. The molecule has 2 aliphatic carbocycles. The number of pyridine rings is 1. The van der Waals surface area contributed by atoms with E-state index in [2.05, 4.69) is 10.3 Å². The summed E-state index contributed by atoms with van der Waals surface area (Å²) in [6.45, 7) is 0.360. The predicted molar refractivity (Wildman–Crippen MR) is 137 cm³/mol. The number of hydrogen-bond acceptors (Lipinski definition) is 5. The standard InChI is InChI=1S/C27H32N2O3S2/c30-27(25-16-22-13-14-28-18-26(22)33-25)29-17-19-9-11-23(12-10-19)34(31,32)24-8-4-7-21(15-24)20-5-2-1-3-6-20/h9-14,16,18,20-21,24H,1-8,15,17H2,(H,29,30). The van der Waals surface area contributed by atoms with Gasteiger partial charge in [0.05, 0.1) is 19.7 Å². The number of benzene rings is 1. The van der Waals surface area contributed by atoms with E-state index in [4.69, 9.17) is 0 Å². The smallest absolute Gasteiger partial charge is 0.261 e. The van der Waals surface area contributed by atoms with Gasteiger partial charge in [-0.15, -0.1) is 11.3 Å². The minimum atomic E-state index is -3.33. The molecule has 1 N–H and O–H groups in total. The lowest BCUT2D eigenvalue weighted by Gasteiger charge is -2.36. The lowest BCUT2D eigenvalue weighted by molar-refractivity contribution is 0.0955. The predicted octanol–water partition coefficient (Wildman–Crippen LogP) is 6.14. The summed E-state index contributed by atoms with van der Waals surface area (Å²) in [4.78, 5) is 17.7. The van der Waals surface area contributed by atoms with Crippen molar-refractivity contribution in [2.24, 2.45) is 11.8 Å². The fourth-order valence-corrected chi connectivity index (χ4v) is 8.58. The van der Waals surface area contributed by atoms with Crippen LogP contribution in [0.4, 0.5) is 0 Å². The Kier molecular flexibility index (Phi) is 7.02. The lowest BCUT2D eigenvalue weighted by atomic mass is 9.73. The molecule has 34 heavy (non-hydrogen) atoms. The summed E-state index contributed by atoms with van der Waals surface area (Å²) in [6.07, 6.45) is 13.8. The van der Waals surface area contributed by atoms with Crippen LogP contribution < -0.4 is 5.32 Å². The van der Waals surface area contributed by atoms with Gasteiger partial charge in [-0.05, 0) is 59.9 Å². The van der Waals surface area contributed by atoms with Gasteiger partial charge >= 0.3 is 0 Å². The van der Waals surface area contributed by atoms with Crippen molar-refractivity contribution in [1.29, 1.82) is 0 Å². The van der Waals surface area contributed by atoms with E-state index in [1.54, 1.807) is 24.5 Å². The highest BCUT2D eigenvalue weighted by Gasteiger charge is 2.36. The van der Waals surface area contributed by atoms with Gasteiger partial charge in [0.2, 0.25) is 0 Å². The highest BCUT2D eigenvalue weighted by molar-refractivity contribution is 7.92. The minimum Gasteiger partial charge on any atom is -0.347 e. The van der Waals surface area contributed by atoms with Gasteiger partial charge in [0, 0.05) is 18.9 Å². The van der Waals surface area contributed by atoms with Crippen molar-refractivity contribution in [3.63, 3.8) is 0 Å². The third-order valence-electron chi connectivity index (χ3n) is 7.67. The number of sulfone groups is 1. The number of aromatic nitrogens is 1. The van der Waals surface area contributed by atoms with Crippen LogP contribution in [0.25, 0.3) is 10.1 Å². The quantitative estimate of drug-likeness (QED) is 0.445. The van der Waals surface area contributed by atoms with Crippen molar-refractivity contribution < 1.29 is 13.2 Å². The molecule has 5 nitrogen and oxygen atoms in total. The number of nitrogens with zero attached hydrogens (tertiary/aromatic N) is 1. The zero-order chi connectivity index (χ0) is 23.5. The second-order valence-corrected chi connectivity index (χ2v) is 13.2. The Morgan fingerprint density at radius 2 is 1.74 bits per heavy atom. The molecular weight excluding hydrogens is 464 g/mol. The molecule has 5 rings (SSSR count). The second kappa shape index (κ2) is 10.2. The van der Waals surface area contributed by atoms with Gasteiger partial charge < -0.3 is 5.32 Å². The normalized spacial score (nSPS) is 22.0. The average molecular weight is 497 g/mol. The molecule has 180 valence electrons. The van der Waals surface area contributed by atoms with Crippen molar-refractivity contribution in [2.75, 3.05) is 0 Å². The van der Waals surface area contributed by atoms with Gasteiger partial charge in [-0.2, -0.15) is 0 Å². The van der Waals surface area contributed by atoms with E-state index in [0.717, 1.165) is 40.8 Å². The summed E-state index contributed by atoms with van der Waals surface area (Å²) in [5.74, 6) is 1.15. The van der Waals surface area contributed by atoms with E-state index in [1.165, 1.54) is 49.9 Å². The van der Waals surface area contributed by atoms with Gasteiger partial charge in [0.1, 0.15) is 0 Å². The van der Waals surface area contributed by atoms with Crippen molar-refractivity contribution in [3.05, 3.63) is 59.2 Å². The van der Waals surface area contributed by atoms with Crippen LogP contribution in [0, 0.1) is 11.8 Å². The largest absolute Gasteiger partial charge is 0.347 e. The summed E-state index contributed by atoms with van der Waals surface area (Å²) >= 11 is 1.42. The number of carbonyl (C=O) groups excluding carboxylic acids is 1. The lowest BCUT2D eigenvalue weighted by Crippen LogP contribution is -2.32. The Morgan fingerprint density at radius 1 is 0.971 bits per heavy atom. The number of nitrogens with one attached hydrogen (secondary N) is 1. The maximum absolute atomic E-state index is 13.4. The zero-order valence-electron chi connectivity index (χ0n) is 19.4. The molecule has 0 saturated heterocycles. The summed E-state index contributed by atoms with van der Waals surface area (Å²) in [7, 11) is -3.33. The number of thiophene rings is 1. The molecule has 0 radical (unpaired) electrons. The van der Waals surface area contributed by atoms with Gasteiger partial charge in [-0.3, -0.25) is 9.78 Å². The average Bonchev–Trinajstić information content (AvgIpc) is 3.33. The van der Waals surface area contributed by atoms with Crippen LogP contribution in [0.5, 0.6) is 0 Å². The molecule has 7 heteroatoms. The number of rotatable bonds is 6. The van der Waals surface area contributed by atoms with Crippen LogP contribution in [0.2, 0.25) is 0 Å². The first-order valence-electron chi connectivity index (χ1n) is 12.5. The van der Waals surface area contributed by atoms with Gasteiger partial charge in [0.15, 0.2) is 9.84 Å². The number of carbonyl (C=O) groups is 1. The molecule has 2 unspecified atom stereocenters. The van der Waals surface area contributed by atoms with E-state index < -0.39 is 9.84 Å². The highest BCUT2D eigenvalue weighted by atomic mass is 32.2. The first-order valence-corrected chi connectivity index (χ1v) is 14.8.